The van der Waals surface area contributed by atoms with Crippen LogP contribution in [0.25, 0.3) is 0 Å². The minimum atomic E-state index is -0.670. The maximum atomic E-state index is 13.1. The summed E-state index contributed by atoms with van der Waals surface area (Å²) in [7, 11) is 0. The predicted octanol–water partition coefficient (Wildman–Crippen LogP) is 3.93. The Hall–Kier alpha value is -0.0166. The molecule has 0 aromatic heterocycles. The molecule has 0 unspecified atom stereocenters. The zero-order valence-corrected chi connectivity index (χ0v) is 13.4. The Morgan fingerprint density at radius 2 is 1.94 bits per heavy atom. The molecule has 0 atom stereocenters. The van der Waals surface area contributed by atoms with Crippen molar-refractivity contribution < 1.29 is 29.9 Å². The van der Waals surface area contributed by atoms with E-state index >= 15 is 0 Å². The molecule has 84 valence electrons. The van der Waals surface area contributed by atoms with Gasteiger partial charge in [0.05, 0.1) is 11.9 Å². The third kappa shape index (κ3) is 4.10. The van der Waals surface area contributed by atoms with Gasteiger partial charge >= 0.3 is 30.0 Å². The molecular weight excluding hydrogens is 331 g/mol. The predicted molar refractivity (Wildman–Crippen MR) is 57.0 cm³/mol. The van der Waals surface area contributed by atoms with Gasteiger partial charge in [-0.05, 0) is 25.7 Å². The molecule has 1 aromatic rings. The van der Waals surface area contributed by atoms with Crippen LogP contribution >= 0.6 is 13.6 Å². The van der Waals surface area contributed by atoms with E-state index < -0.39 is 11.6 Å². The first-order chi connectivity index (χ1) is 7.75. The van der Waals surface area contributed by atoms with E-state index in [0.29, 0.717) is 0 Å². The fourth-order valence-corrected chi connectivity index (χ4v) is 1.69. The molecule has 0 amide bonds. The first-order valence-corrected chi connectivity index (χ1v) is 12.0. The molecule has 1 saturated carbocycles. The summed E-state index contributed by atoms with van der Waals surface area (Å²) in [6.07, 6.45) is 4.21. The fraction of sp³-hybridized carbons (Fsp3) is 0.455. The summed E-state index contributed by atoms with van der Waals surface area (Å²) in [6, 6.07) is 4.37. The van der Waals surface area contributed by atoms with Crippen LogP contribution in [0.4, 0.5) is 8.78 Å². The van der Waals surface area contributed by atoms with E-state index in [1.807, 2.05) is 0 Å². The average molecular weight is 342 g/mol. The molecule has 0 radical (unpaired) electrons. The molecule has 0 spiro atoms. The van der Waals surface area contributed by atoms with Gasteiger partial charge in [-0.15, -0.1) is 12.1 Å². The van der Waals surface area contributed by atoms with Gasteiger partial charge in [-0.3, -0.25) is 8.78 Å². The van der Waals surface area contributed by atoms with E-state index in [0.717, 1.165) is 37.8 Å². The zero-order chi connectivity index (χ0) is 12.0. The number of hydrogen-bond donors (Lipinski definition) is 0. The van der Waals surface area contributed by atoms with Crippen LogP contribution in [0, 0.1) is 17.7 Å². The molecule has 1 aromatic carbocycles. The molecule has 1 aliphatic carbocycles. The van der Waals surface area contributed by atoms with Crippen LogP contribution in [0.15, 0.2) is 12.1 Å². The molecule has 0 heterocycles. The average Bonchev–Trinajstić information content (AvgIpc) is 2.78. The van der Waals surface area contributed by atoms with Crippen molar-refractivity contribution in [2.24, 2.45) is 0 Å². The van der Waals surface area contributed by atoms with Gasteiger partial charge in [0.1, 0.15) is 0 Å². The monoisotopic (exact) mass is 340 g/mol. The van der Waals surface area contributed by atoms with E-state index in [4.69, 9.17) is 4.74 Å². The number of hydrogen-bond acceptors (Lipinski definition) is 1. The standard InChI is InChI=1S/C11H11F2O.BrH.Zn/c12-8-5-6-11(10(13)7-8)14-9-3-1-2-4-9;;/h5,7,9H,1-4H2;1H;/q-1;;+2/p-1. The first kappa shape index (κ1) is 14.0. The van der Waals surface area contributed by atoms with Crippen molar-refractivity contribution in [3.8, 4) is 5.75 Å². The minimum absolute atomic E-state index is 0.0401. The van der Waals surface area contributed by atoms with Crippen molar-refractivity contribution in [3.63, 3.8) is 0 Å². The van der Waals surface area contributed by atoms with Gasteiger partial charge in [0, 0.05) is 11.6 Å². The number of ether oxygens (including phenoxy) is 1. The SMILES string of the molecule is Fc1c[c-]c(OC2CCCC2)c(F)c1.[Zn+][Br]. The van der Waals surface area contributed by atoms with Crippen molar-refractivity contribution in [1.29, 1.82) is 0 Å². The zero-order valence-electron chi connectivity index (χ0n) is 8.81. The van der Waals surface area contributed by atoms with Crippen molar-refractivity contribution in [2.75, 3.05) is 0 Å². The second-order valence-electron chi connectivity index (χ2n) is 3.52. The molecule has 1 nitrogen and oxygen atoms in total. The second-order valence-corrected chi connectivity index (χ2v) is 3.52. The summed E-state index contributed by atoms with van der Waals surface area (Å²) in [4.78, 5) is 0. The molecule has 0 saturated heterocycles. The third-order valence-corrected chi connectivity index (χ3v) is 2.41. The summed E-state index contributed by atoms with van der Waals surface area (Å²) in [6.45, 7) is 0. The third-order valence-electron chi connectivity index (χ3n) is 2.41. The summed E-state index contributed by atoms with van der Waals surface area (Å²) in [5, 5.41) is 0. The first-order valence-electron chi connectivity index (χ1n) is 5.06. The molecule has 1 aliphatic rings. The maximum absolute atomic E-state index is 13.1. The summed E-state index contributed by atoms with van der Waals surface area (Å²) in [5.74, 6) is -1.25. The Kier molecular flexibility index (Phi) is 6.44. The topological polar surface area (TPSA) is 9.23 Å². The van der Waals surface area contributed by atoms with Crippen molar-refractivity contribution in [2.45, 2.75) is 31.8 Å². The molecule has 0 N–H and O–H groups in total. The summed E-state index contributed by atoms with van der Waals surface area (Å²) >= 11 is 4.25. The number of benzene rings is 1. The van der Waals surface area contributed by atoms with Gasteiger partial charge in [-0.25, -0.2) is 0 Å². The van der Waals surface area contributed by atoms with Gasteiger partial charge in [0.25, 0.3) is 0 Å². The summed E-state index contributed by atoms with van der Waals surface area (Å²) in [5.41, 5.74) is 0. The van der Waals surface area contributed by atoms with Crippen LogP contribution in [0.2, 0.25) is 0 Å². The normalized spacial score (nSPS) is 15.6. The van der Waals surface area contributed by atoms with E-state index in [2.05, 4.69) is 19.7 Å². The molecule has 5 heteroatoms. The number of halogens is 3. The summed E-state index contributed by atoms with van der Waals surface area (Å²) < 4.78 is 31.0. The van der Waals surface area contributed by atoms with Gasteiger partial charge in [-0.1, -0.05) is 6.07 Å². The molecule has 0 bridgehead atoms. The molecule has 2 rings (SSSR count). The quantitative estimate of drug-likeness (QED) is 0.584. The van der Waals surface area contributed by atoms with Crippen LogP contribution in [0.5, 0.6) is 5.75 Å². The van der Waals surface area contributed by atoms with Crippen LogP contribution in [0.1, 0.15) is 25.7 Å². The van der Waals surface area contributed by atoms with E-state index in [1.54, 1.807) is 0 Å². The van der Waals surface area contributed by atoms with E-state index in [9.17, 15) is 8.78 Å². The van der Waals surface area contributed by atoms with Gasteiger partial charge in [0.2, 0.25) is 0 Å². The number of rotatable bonds is 2. The van der Waals surface area contributed by atoms with Crippen molar-refractivity contribution >= 4 is 13.6 Å². The van der Waals surface area contributed by atoms with Crippen LogP contribution in [-0.2, 0) is 16.3 Å². The fourth-order valence-electron chi connectivity index (χ4n) is 1.69. The molecule has 0 aliphatic heterocycles. The Balaban J connectivity index is 0.000000606. The second kappa shape index (κ2) is 7.34. The van der Waals surface area contributed by atoms with Crippen molar-refractivity contribution in [3.05, 3.63) is 29.8 Å². The van der Waals surface area contributed by atoms with Gasteiger partial charge in [0.15, 0.2) is 0 Å². The van der Waals surface area contributed by atoms with Crippen LogP contribution in [0.3, 0.4) is 0 Å². The van der Waals surface area contributed by atoms with Gasteiger partial charge < -0.3 is 4.74 Å². The Labute approximate surface area is 111 Å². The van der Waals surface area contributed by atoms with E-state index in [-0.39, 0.29) is 11.9 Å². The molecular formula is C11H11BrF2OZn. The Morgan fingerprint density at radius 1 is 1.31 bits per heavy atom. The molecule has 16 heavy (non-hydrogen) atoms. The Morgan fingerprint density at radius 3 is 2.50 bits per heavy atom. The van der Waals surface area contributed by atoms with E-state index in [1.165, 1.54) is 16.3 Å². The van der Waals surface area contributed by atoms with Crippen LogP contribution < -0.4 is 4.74 Å². The van der Waals surface area contributed by atoms with Gasteiger partial charge in [-0.2, -0.15) is 0 Å². The molecule has 1 fully saturated rings. The Bertz CT molecular complexity index is 330. The van der Waals surface area contributed by atoms with Crippen molar-refractivity contribution in [1.82, 2.24) is 0 Å². The van der Waals surface area contributed by atoms with Crippen LogP contribution in [-0.4, -0.2) is 6.10 Å².